The van der Waals surface area contributed by atoms with Crippen LogP contribution in [-0.2, 0) is 31.6 Å². The van der Waals surface area contributed by atoms with Crippen LogP contribution in [-0.4, -0.2) is 48.8 Å². The Morgan fingerprint density at radius 3 is 2.86 bits per heavy atom. The number of benzene rings is 1. The minimum absolute atomic E-state index is 0.0155. The molecule has 2 heterocycles. The standard InChI is InChI=1S/C24H29N4O6PS/c1-15(28-14-18-12-25-16(2)27-23(18)26-13-22(28)29)21(10-11-34-35(31,32)33)36-24(30)20-9-5-7-17-6-3-4-8-19(17)20/h3-4,6,8,12,20H,5,7,9-11,13-14H2,1-2H3,(H,25,26,27)(H2,31,32,33)/b21-15-. The number of nitrogens with zero attached hydrogens (tertiary/aromatic N) is 3. The fraction of sp³-hybridized carbons (Fsp3) is 0.417. The number of nitrogens with one attached hydrogen (secondary N) is 1. The molecule has 0 radical (unpaired) electrons. The monoisotopic (exact) mass is 532 g/mol. The Kier molecular flexibility index (Phi) is 8.27. The lowest BCUT2D eigenvalue weighted by Crippen LogP contribution is -2.32. The molecule has 36 heavy (non-hydrogen) atoms. The van der Waals surface area contributed by atoms with E-state index in [1.807, 2.05) is 24.3 Å². The molecule has 12 heteroatoms. The molecule has 1 aromatic heterocycles. The third-order valence-corrected chi connectivity index (χ3v) is 8.05. The number of fused-ring (bicyclic) bond motifs is 2. The highest BCUT2D eigenvalue weighted by atomic mass is 32.2. The number of hydrogen-bond donors (Lipinski definition) is 3. The van der Waals surface area contributed by atoms with Crippen LogP contribution in [0.15, 0.2) is 41.1 Å². The maximum atomic E-state index is 13.5. The number of aromatic nitrogens is 2. The van der Waals surface area contributed by atoms with Crippen molar-refractivity contribution in [2.75, 3.05) is 18.5 Å². The van der Waals surface area contributed by atoms with Gasteiger partial charge < -0.3 is 20.0 Å². The molecule has 0 saturated carbocycles. The summed E-state index contributed by atoms with van der Waals surface area (Å²) in [6.07, 6.45) is 4.29. The van der Waals surface area contributed by atoms with Crippen LogP contribution in [0.1, 0.15) is 54.6 Å². The second-order valence-electron chi connectivity index (χ2n) is 8.77. The molecule has 2 aliphatic rings. The molecule has 1 amide bonds. The summed E-state index contributed by atoms with van der Waals surface area (Å²) in [6.45, 7) is 3.43. The largest absolute Gasteiger partial charge is 0.469 e. The predicted molar refractivity (Wildman–Crippen MR) is 136 cm³/mol. The Hall–Kier alpha value is -2.56. The number of carbonyl (C=O) groups excluding carboxylic acids is 2. The molecule has 10 nitrogen and oxygen atoms in total. The van der Waals surface area contributed by atoms with Crippen LogP contribution < -0.4 is 5.32 Å². The molecular formula is C24H29N4O6PS. The highest BCUT2D eigenvalue weighted by Gasteiger charge is 2.30. The van der Waals surface area contributed by atoms with Crippen molar-refractivity contribution in [3.05, 3.63) is 63.6 Å². The molecule has 1 aliphatic carbocycles. The van der Waals surface area contributed by atoms with Crippen LogP contribution in [0.25, 0.3) is 0 Å². The third kappa shape index (κ3) is 6.41. The van der Waals surface area contributed by atoms with Crippen molar-refractivity contribution in [3.63, 3.8) is 0 Å². The smallest absolute Gasteiger partial charge is 0.361 e. The van der Waals surface area contributed by atoms with E-state index >= 15 is 0 Å². The quantitative estimate of drug-likeness (QED) is 0.452. The zero-order valence-corrected chi connectivity index (χ0v) is 21.8. The summed E-state index contributed by atoms with van der Waals surface area (Å²) in [4.78, 5) is 55.5. The predicted octanol–water partition coefficient (Wildman–Crippen LogP) is 3.65. The maximum absolute atomic E-state index is 13.5. The number of carbonyl (C=O) groups is 2. The molecule has 3 N–H and O–H groups in total. The zero-order chi connectivity index (χ0) is 25.9. The summed E-state index contributed by atoms with van der Waals surface area (Å²) in [7, 11) is -4.68. The molecule has 1 aromatic carbocycles. The summed E-state index contributed by atoms with van der Waals surface area (Å²) in [5.41, 5.74) is 3.44. The molecule has 0 fully saturated rings. The normalized spacial score (nSPS) is 18.5. The zero-order valence-electron chi connectivity index (χ0n) is 20.1. The van der Waals surface area contributed by atoms with E-state index in [2.05, 4.69) is 19.8 Å². The molecule has 1 aliphatic heterocycles. The first kappa shape index (κ1) is 26.5. The van der Waals surface area contributed by atoms with Gasteiger partial charge in [-0.05, 0) is 44.2 Å². The van der Waals surface area contributed by atoms with Crippen molar-refractivity contribution in [2.45, 2.75) is 52.0 Å². The lowest BCUT2D eigenvalue weighted by Gasteiger charge is -2.27. The second kappa shape index (κ2) is 11.2. The van der Waals surface area contributed by atoms with Gasteiger partial charge in [-0.3, -0.25) is 14.1 Å². The number of phosphoric ester groups is 1. The lowest BCUT2D eigenvalue weighted by molar-refractivity contribution is -0.127. The summed E-state index contributed by atoms with van der Waals surface area (Å²) in [6, 6.07) is 7.91. The van der Waals surface area contributed by atoms with Crippen LogP contribution in [0.3, 0.4) is 0 Å². The number of thioether (sulfide) groups is 1. The fourth-order valence-corrected chi connectivity index (χ4v) is 5.89. The molecular weight excluding hydrogens is 503 g/mol. The third-order valence-electron chi connectivity index (χ3n) is 6.30. The average Bonchev–Trinajstić information content (AvgIpc) is 3.00. The van der Waals surface area contributed by atoms with Crippen molar-refractivity contribution < 1.29 is 28.5 Å². The van der Waals surface area contributed by atoms with E-state index in [1.54, 1.807) is 24.9 Å². The molecule has 0 saturated heterocycles. The molecule has 0 bridgehead atoms. The van der Waals surface area contributed by atoms with E-state index in [0.717, 1.165) is 47.7 Å². The van der Waals surface area contributed by atoms with Gasteiger partial charge in [0, 0.05) is 28.8 Å². The minimum Gasteiger partial charge on any atom is -0.361 e. The lowest BCUT2D eigenvalue weighted by atomic mass is 9.84. The Balaban J connectivity index is 1.63. The topological polar surface area (TPSA) is 142 Å². The first-order valence-corrected chi connectivity index (χ1v) is 14.0. The molecule has 192 valence electrons. The van der Waals surface area contributed by atoms with E-state index in [-0.39, 0.29) is 43.1 Å². The van der Waals surface area contributed by atoms with Gasteiger partial charge >= 0.3 is 7.82 Å². The fourth-order valence-electron chi connectivity index (χ4n) is 4.49. The van der Waals surface area contributed by atoms with Crippen LogP contribution in [0, 0.1) is 6.92 Å². The van der Waals surface area contributed by atoms with Gasteiger partial charge in [0.1, 0.15) is 11.6 Å². The highest BCUT2D eigenvalue weighted by molar-refractivity contribution is 8.17. The number of amides is 1. The molecule has 0 spiro atoms. The SMILES string of the molecule is C/C(=C(\CCOP(=O)(O)O)SC(=O)C1CCCc2ccccc21)N1Cc2cnc(C)nc2NCC1=O. The Morgan fingerprint density at radius 1 is 1.31 bits per heavy atom. The van der Waals surface area contributed by atoms with Gasteiger partial charge in [-0.25, -0.2) is 14.5 Å². The number of phosphoric acid groups is 1. The van der Waals surface area contributed by atoms with Crippen molar-refractivity contribution in [3.8, 4) is 0 Å². The van der Waals surface area contributed by atoms with E-state index in [4.69, 9.17) is 9.79 Å². The second-order valence-corrected chi connectivity index (χ2v) is 11.1. The summed E-state index contributed by atoms with van der Waals surface area (Å²) < 4.78 is 15.9. The molecule has 4 rings (SSSR count). The van der Waals surface area contributed by atoms with Gasteiger partial charge in [0.15, 0.2) is 0 Å². The summed E-state index contributed by atoms with van der Waals surface area (Å²) in [5, 5.41) is 2.98. The average molecular weight is 533 g/mol. The van der Waals surface area contributed by atoms with Crippen molar-refractivity contribution in [1.82, 2.24) is 14.9 Å². The van der Waals surface area contributed by atoms with Gasteiger partial charge in [-0.1, -0.05) is 36.0 Å². The van der Waals surface area contributed by atoms with Gasteiger partial charge in [-0.15, -0.1) is 0 Å². The van der Waals surface area contributed by atoms with Crippen molar-refractivity contribution in [1.29, 1.82) is 0 Å². The van der Waals surface area contributed by atoms with Gasteiger partial charge in [-0.2, -0.15) is 0 Å². The van der Waals surface area contributed by atoms with E-state index in [0.29, 0.717) is 22.2 Å². The first-order valence-electron chi connectivity index (χ1n) is 11.7. The number of aryl methyl sites for hydroxylation is 2. The van der Waals surface area contributed by atoms with Crippen LogP contribution in [0.5, 0.6) is 0 Å². The summed E-state index contributed by atoms with van der Waals surface area (Å²) >= 11 is 1.02. The highest BCUT2D eigenvalue weighted by Crippen LogP contribution is 2.40. The Bertz CT molecular complexity index is 1250. The van der Waals surface area contributed by atoms with Gasteiger partial charge in [0.25, 0.3) is 0 Å². The number of anilines is 1. The molecule has 2 aromatic rings. The van der Waals surface area contributed by atoms with Gasteiger partial charge in [0.05, 0.1) is 25.6 Å². The van der Waals surface area contributed by atoms with E-state index in [1.165, 1.54) is 0 Å². The number of hydrogen-bond acceptors (Lipinski definition) is 8. The minimum atomic E-state index is -4.68. The van der Waals surface area contributed by atoms with E-state index in [9.17, 15) is 14.2 Å². The molecule has 1 unspecified atom stereocenters. The van der Waals surface area contributed by atoms with Crippen LogP contribution in [0.2, 0.25) is 0 Å². The number of rotatable bonds is 7. The Morgan fingerprint density at radius 2 is 2.08 bits per heavy atom. The summed E-state index contributed by atoms with van der Waals surface area (Å²) in [5.74, 6) is 0.662. The maximum Gasteiger partial charge on any atom is 0.469 e. The van der Waals surface area contributed by atoms with Crippen LogP contribution in [0.4, 0.5) is 5.82 Å². The van der Waals surface area contributed by atoms with Crippen molar-refractivity contribution in [2.24, 2.45) is 0 Å². The number of allylic oxidation sites excluding steroid dienone is 1. The van der Waals surface area contributed by atoms with Crippen molar-refractivity contribution >= 4 is 36.4 Å². The van der Waals surface area contributed by atoms with Gasteiger partial charge in [0.2, 0.25) is 11.0 Å². The Labute approximate surface area is 213 Å². The van der Waals surface area contributed by atoms with Crippen LogP contribution >= 0.6 is 19.6 Å². The molecule has 1 atom stereocenters. The van der Waals surface area contributed by atoms with E-state index < -0.39 is 7.82 Å². The first-order chi connectivity index (χ1) is 17.1.